The van der Waals surface area contributed by atoms with Crippen molar-refractivity contribution in [3.05, 3.63) is 50.4 Å². The Balaban J connectivity index is 2.71. The van der Waals surface area contributed by atoms with E-state index in [1.54, 1.807) is 6.07 Å². The van der Waals surface area contributed by atoms with Crippen molar-refractivity contribution in [2.75, 3.05) is 0 Å². The molecule has 1 nitrogen and oxygen atoms in total. The molecule has 0 fully saturated rings. The summed E-state index contributed by atoms with van der Waals surface area (Å²) in [6.45, 7) is 4.24. The molecule has 0 aromatic heterocycles. The van der Waals surface area contributed by atoms with E-state index in [2.05, 4.69) is 63.9 Å². The molecule has 0 aliphatic heterocycles. The first-order chi connectivity index (χ1) is 9.06. The zero-order valence-corrected chi connectivity index (χ0v) is 14.2. The molecule has 0 unspecified atom stereocenters. The molecule has 0 amide bonds. The number of phenolic OH excluding ortho intramolecular Hbond substituents is 1. The summed E-state index contributed by atoms with van der Waals surface area (Å²) in [4.78, 5) is 0. The Morgan fingerprint density at radius 1 is 0.895 bits per heavy atom. The van der Waals surface area contributed by atoms with Gasteiger partial charge in [0.2, 0.25) is 0 Å². The molecule has 19 heavy (non-hydrogen) atoms. The summed E-state index contributed by atoms with van der Waals surface area (Å²) in [6.07, 6.45) is 1.83. The van der Waals surface area contributed by atoms with Gasteiger partial charge < -0.3 is 5.11 Å². The van der Waals surface area contributed by atoms with E-state index >= 15 is 0 Å². The topological polar surface area (TPSA) is 20.2 Å². The molecule has 2 aromatic rings. The highest BCUT2D eigenvalue weighted by Crippen LogP contribution is 2.38. The summed E-state index contributed by atoms with van der Waals surface area (Å²) < 4.78 is 1.99. The first-order valence-corrected chi connectivity index (χ1v) is 7.95. The largest absolute Gasteiger partial charge is 0.507 e. The molecular formula is C16H16Br2O. The van der Waals surface area contributed by atoms with Crippen LogP contribution in [0.2, 0.25) is 0 Å². The Morgan fingerprint density at radius 3 is 2.16 bits per heavy atom. The van der Waals surface area contributed by atoms with Crippen LogP contribution in [-0.2, 0) is 12.8 Å². The number of hydrogen-bond donors (Lipinski definition) is 1. The Labute approximate surface area is 130 Å². The fraction of sp³-hybridized carbons (Fsp3) is 0.250. The number of aryl methyl sites for hydroxylation is 2. The standard InChI is InChI=1S/C16H16Br2O/c1-3-10-7-12(17)5-6-14(10)16-11(4-2)8-13(18)9-15(16)19/h5-9,19H,3-4H2,1-2H3. The normalized spacial score (nSPS) is 10.7. The van der Waals surface area contributed by atoms with Crippen LogP contribution in [0.25, 0.3) is 11.1 Å². The Hall–Kier alpha value is -0.800. The van der Waals surface area contributed by atoms with Crippen LogP contribution in [0.4, 0.5) is 0 Å². The van der Waals surface area contributed by atoms with Gasteiger partial charge in [0.05, 0.1) is 0 Å². The van der Waals surface area contributed by atoms with Crippen LogP contribution in [0, 0.1) is 0 Å². The number of phenols is 1. The van der Waals surface area contributed by atoms with Crippen molar-refractivity contribution in [2.24, 2.45) is 0 Å². The lowest BCUT2D eigenvalue weighted by molar-refractivity contribution is 0.476. The second-order valence-electron chi connectivity index (χ2n) is 4.47. The number of halogens is 2. The van der Waals surface area contributed by atoms with Gasteiger partial charge >= 0.3 is 0 Å². The third-order valence-corrected chi connectivity index (χ3v) is 4.21. The minimum atomic E-state index is 0.336. The predicted molar refractivity (Wildman–Crippen MR) is 87.7 cm³/mol. The first-order valence-electron chi connectivity index (χ1n) is 6.37. The van der Waals surface area contributed by atoms with Gasteiger partial charge in [-0.3, -0.25) is 0 Å². The van der Waals surface area contributed by atoms with Gasteiger partial charge in [0, 0.05) is 14.5 Å². The van der Waals surface area contributed by atoms with Gasteiger partial charge in [0.1, 0.15) is 5.75 Å². The summed E-state index contributed by atoms with van der Waals surface area (Å²) in [5.41, 5.74) is 4.47. The quantitative estimate of drug-likeness (QED) is 0.719. The monoisotopic (exact) mass is 382 g/mol. The van der Waals surface area contributed by atoms with Gasteiger partial charge in [-0.1, -0.05) is 51.8 Å². The van der Waals surface area contributed by atoms with Crippen LogP contribution in [-0.4, -0.2) is 5.11 Å². The zero-order valence-electron chi connectivity index (χ0n) is 11.0. The van der Waals surface area contributed by atoms with E-state index in [1.165, 1.54) is 5.56 Å². The SMILES string of the molecule is CCc1cc(Br)ccc1-c1c(O)cc(Br)cc1CC. The van der Waals surface area contributed by atoms with E-state index in [1.807, 2.05) is 6.07 Å². The number of benzene rings is 2. The molecule has 0 saturated carbocycles. The maximum Gasteiger partial charge on any atom is 0.124 e. The van der Waals surface area contributed by atoms with E-state index in [4.69, 9.17) is 0 Å². The van der Waals surface area contributed by atoms with Crippen LogP contribution in [0.15, 0.2) is 39.3 Å². The van der Waals surface area contributed by atoms with Crippen LogP contribution in [0.1, 0.15) is 25.0 Å². The minimum absolute atomic E-state index is 0.336. The summed E-state index contributed by atoms with van der Waals surface area (Å²) in [6, 6.07) is 10.1. The van der Waals surface area contributed by atoms with Crippen molar-refractivity contribution in [1.29, 1.82) is 0 Å². The lowest BCUT2D eigenvalue weighted by Gasteiger charge is -2.15. The first kappa shape index (κ1) is 14.6. The van der Waals surface area contributed by atoms with Crippen LogP contribution in [0.5, 0.6) is 5.75 Å². The van der Waals surface area contributed by atoms with Gasteiger partial charge in [-0.2, -0.15) is 0 Å². The Kier molecular flexibility index (Phi) is 4.69. The van der Waals surface area contributed by atoms with Crippen LogP contribution in [0.3, 0.4) is 0 Å². The molecule has 0 aliphatic rings. The molecule has 0 radical (unpaired) electrons. The number of aromatic hydroxyl groups is 1. The molecular weight excluding hydrogens is 368 g/mol. The fourth-order valence-electron chi connectivity index (χ4n) is 2.34. The average molecular weight is 384 g/mol. The highest BCUT2D eigenvalue weighted by molar-refractivity contribution is 9.10. The van der Waals surface area contributed by atoms with E-state index in [-0.39, 0.29) is 0 Å². The molecule has 0 aliphatic carbocycles. The van der Waals surface area contributed by atoms with Crippen molar-refractivity contribution in [3.63, 3.8) is 0 Å². The van der Waals surface area contributed by atoms with E-state index in [9.17, 15) is 5.11 Å². The molecule has 2 aromatic carbocycles. The van der Waals surface area contributed by atoms with Crippen molar-refractivity contribution in [3.8, 4) is 16.9 Å². The molecule has 0 spiro atoms. The Morgan fingerprint density at radius 2 is 1.53 bits per heavy atom. The summed E-state index contributed by atoms with van der Waals surface area (Å²) in [5, 5.41) is 10.3. The smallest absolute Gasteiger partial charge is 0.124 e. The van der Waals surface area contributed by atoms with E-state index < -0.39 is 0 Å². The van der Waals surface area contributed by atoms with Gasteiger partial charge in [0.25, 0.3) is 0 Å². The maximum atomic E-state index is 10.3. The third kappa shape index (κ3) is 3.03. The van der Waals surface area contributed by atoms with Gasteiger partial charge in [-0.25, -0.2) is 0 Å². The molecule has 100 valence electrons. The highest BCUT2D eigenvalue weighted by atomic mass is 79.9. The van der Waals surface area contributed by atoms with Crippen LogP contribution < -0.4 is 0 Å². The fourth-order valence-corrected chi connectivity index (χ4v) is 3.24. The maximum absolute atomic E-state index is 10.3. The molecule has 2 rings (SSSR count). The summed E-state index contributed by atoms with van der Waals surface area (Å²) in [7, 11) is 0. The highest BCUT2D eigenvalue weighted by Gasteiger charge is 2.14. The van der Waals surface area contributed by atoms with Gasteiger partial charge in [-0.05, 0) is 53.8 Å². The molecule has 0 atom stereocenters. The average Bonchev–Trinajstić information content (AvgIpc) is 2.38. The zero-order chi connectivity index (χ0) is 14.0. The minimum Gasteiger partial charge on any atom is -0.507 e. The third-order valence-electron chi connectivity index (χ3n) is 3.26. The summed E-state index contributed by atoms with van der Waals surface area (Å²) in [5.74, 6) is 0.336. The lowest BCUT2D eigenvalue weighted by atomic mass is 9.92. The van der Waals surface area contributed by atoms with E-state index in [0.29, 0.717) is 5.75 Å². The van der Waals surface area contributed by atoms with Crippen molar-refractivity contribution >= 4 is 31.9 Å². The summed E-state index contributed by atoms with van der Waals surface area (Å²) >= 11 is 6.95. The molecule has 3 heteroatoms. The van der Waals surface area contributed by atoms with Crippen LogP contribution >= 0.6 is 31.9 Å². The second-order valence-corrected chi connectivity index (χ2v) is 6.30. The molecule has 0 saturated heterocycles. The van der Waals surface area contributed by atoms with Crippen molar-refractivity contribution in [1.82, 2.24) is 0 Å². The predicted octanol–water partition coefficient (Wildman–Crippen LogP) is 5.71. The van der Waals surface area contributed by atoms with Gasteiger partial charge in [-0.15, -0.1) is 0 Å². The molecule has 1 N–H and O–H groups in total. The van der Waals surface area contributed by atoms with Gasteiger partial charge in [0.15, 0.2) is 0 Å². The molecule has 0 heterocycles. The van der Waals surface area contributed by atoms with Crippen molar-refractivity contribution in [2.45, 2.75) is 26.7 Å². The lowest BCUT2D eigenvalue weighted by Crippen LogP contribution is -1.94. The number of rotatable bonds is 3. The number of hydrogen-bond acceptors (Lipinski definition) is 1. The Bertz CT molecular complexity index is 606. The van der Waals surface area contributed by atoms with E-state index in [0.717, 1.165) is 38.5 Å². The second kappa shape index (κ2) is 6.10. The van der Waals surface area contributed by atoms with Crippen molar-refractivity contribution < 1.29 is 5.11 Å². The molecule has 0 bridgehead atoms.